The van der Waals surface area contributed by atoms with Gasteiger partial charge in [-0.2, -0.15) is 0 Å². The van der Waals surface area contributed by atoms with E-state index in [9.17, 15) is 23.1 Å². The standard InChI is InChI=1S/C24H25ClF3NO2S/c1-12(11-30)6-16-7-13(2)14(3)23(16)32-21-8-15(4-5-18(21)25)24(31)29-17-9-19(26)22(28)20(27)10-17/h4-6,8-10,13-14,16,23,30H,7,11H2,1-3H3,(H,29,31)/b12-6+. The maximum atomic E-state index is 13.5. The number of nitrogens with one attached hydrogen (secondary N) is 1. The molecule has 8 heteroatoms. The van der Waals surface area contributed by atoms with Crippen molar-refractivity contribution in [2.75, 3.05) is 11.9 Å². The van der Waals surface area contributed by atoms with Gasteiger partial charge < -0.3 is 10.4 Å². The van der Waals surface area contributed by atoms with E-state index in [0.717, 1.165) is 29.0 Å². The van der Waals surface area contributed by atoms with Crippen molar-refractivity contribution in [3.05, 3.63) is 70.0 Å². The number of carbonyl (C=O) groups excluding carboxylic acids is 1. The average molecular weight is 484 g/mol. The number of allylic oxidation sites excluding steroid dienone is 1. The van der Waals surface area contributed by atoms with Crippen LogP contribution in [0.3, 0.4) is 0 Å². The van der Waals surface area contributed by atoms with Crippen molar-refractivity contribution >= 4 is 35.0 Å². The number of hydrogen-bond acceptors (Lipinski definition) is 3. The van der Waals surface area contributed by atoms with Crippen LogP contribution < -0.4 is 5.32 Å². The van der Waals surface area contributed by atoms with E-state index >= 15 is 0 Å². The predicted octanol–water partition coefficient (Wildman–Crippen LogP) is 6.70. The summed E-state index contributed by atoms with van der Waals surface area (Å²) in [6, 6.07) is 6.23. The van der Waals surface area contributed by atoms with E-state index in [2.05, 4.69) is 25.2 Å². The highest BCUT2D eigenvalue weighted by Gasteiger charge is 2.38. The molecule has 172 valence electrons. The number of aliphatic hydroxyl groups is 1. The summed E-state index contributed by atoms with van der Waals surface area (Å²) in [6.07, 6.45) is 3.11. The lowest BCUT2D eigenvalue weighted by atomic mass is 10.0. The van der Waals surface area contributed by atoms with Crippen LogP contribution in [0.2, 0.25) is 5.02 Å². The minimum atomic E-state index is -1.59. The third-order valence-electron chi connectivity index (χ3n) is 5.93. The molecular weight excluding hydrogens is 459 g/mol. The Balaban J connectivity index is 1.83. The van der Waals surface area contributed by atoms with Crippen molar-refractivity contribution in [1.29, 1.82) is 0 Å². The molecule has 32 heavy (non-hydrogen) atoms. The summed E-state index contributed by atoms with van der Waals surface area (Å²) in [6.45, 7) is 6.30. The molecule has 0 bridgehead atoms. The minimum Gasteiger partial charge on any atom is -0.392 e. The van der Waals surface area contributed by atoms with Gasteiger partial charge in [-0.1, -0.05) is 37.1 Å². The van der Waals surface area contributed by atoms with E-state index in [1.165, 1.54) is 6.07 Å². The highest BCUT2D eigenvalue weighted by molar-refractivity contribution is 8.00. The van der Waals surface area contributed by atoms with Gasteiger partial charge in [0, 0.05) is 33.5 Å². The van der Waals surface area contributed by atoms with Crippen molar-refractivity contribution in [3.8, 4) is 0 Å². The van der Waals surface area contributed by atoms with Gasteiger partial charge in [0.1, 0.15) is 0 Å². The van der Waals surface area contributed by atoms with Crippen LogP contribution in [-0.2, 0) is 0 Å². The lowest BCUT2D eigenvalue weighted by Gasteiger charge is -2.22. The van der Waals surface area contributed by atoms with Crippen LogP contribution in [0.4, 0.5) is 18.9 Å². The van der Waals surface area contributed by atoms with Crippen molar-refractivity contribution in [3.63, 3.8) is 0 Å². The topological polar surface area (TPSA) is 49.3 Å². The fraction of sp³-hybridized carbons (Fsp3) is 0.375. The zero-order valence-corrected chi connectivity index (χ0v) is 19.5. The van der Waals surface area contributed by atoms with Crippen LogP contribution in [0.25, 0.3) is 0 Å². The molecule has 3 nitrogen and oxygen atoms in total. The van der Waals surface area contributed by atoms with Gasteiger partial charge >= 0.3 is 0 Å². The Hall–Kier alpha value is -1.96. The molecule has 3 rings (SSSR count). The van der Waals surface area contributed by atoms with Gasteiger partial charge in [-0.15, -0.1) is 11.8 Å². The van der Waals surface area contributed by atoms with E-state index in [0.29, 0.717) is 16.9 Å². The SMILES string of the molecule is C/C(=C\C1CC(C)C(C)C1Sc1cc(C(=O)Nc2cc(F)c(F)c(F)c2)ccc1Cl)CO. The summed E-state index contributed by atoms with van der Waals surface area (Å²) in [7, 11) is 0. The highest BCUT2D eigenvalue weighted by Crippen LogP contribution is 2.48. The van der Waals surface area contributed by atoms with Gasteiger partial charge in [-0.25, -0.2) is 13.2 Å². The highest BCUT2D eigenvalue weighted by atomic mass is 35.5. The third kappa shape index (κ3) is 5.50. The molecule has 2 aromatic rings. The summed E-state index contributed by atoms with van der Waals surface area (Å²) in [5, 5.41) is 12.5. The first-order valence-corrected chi connectivity index (χ1v) is 11.6. The number of aliphatic hydroxyl groups excluding tert-OH is 1. The van der Waals surface area contributed by atoms with E-state index in [4.69, 9.17) is 11.6 Å². The maximum absolute atomic E-state index is 13.5. The smallest absolute Gasteiger partial charge is 0.255 e. The fourth-order valence-corrected chi connectivity index (χ4v) is 5.75. The number of thioether (sulfide) groups is 1. The first kappa shape index (κ1) is 24.7. The zero-order valence-electron chi connectivity index (χ0n) is 18.0. The van der Waals surface area contributed by atoms with Gasteiger partial charge in [0.05, 0.1) is 11.6 Å². The lowest BCUT2D eigenvalue weighted by molar-refractivity contribution is 0.102. The molecule has 0 aromatic heterocycles. The zero-order chi connectivity index (χ0) is 23.6. The number of hydrogen-bond donors (Lipinski definition) is 2. The Labute approximate surface area is 195 Å². The van der Waals surface area contributed by atoms with Crippen molar-refractivity contribution in [2.24, 2.45) is 17.8 Å². The molecule has 1 amide bonds. The Morgan fingerprint density at radius 1 is 1.22 bits per heavy atom. The molecule has 0 spiro atoms. The fourth-order valence-electron chi connectivity index (χ4n) is 3.98. The Morgan fingerprint density at radius 3 is 2.50 bits per heavy atom. The second-order valence-electron chi connectivity index (χ2n) is 8.34. The summed E-state index contributed by atoms with van der Waals surface area (Å²) in [5.41, 5.74) is 0.998. The molecule has 0 heterocycles. The molecule has 1 saturated carbocycles. The Kier molecular flexibility index (Phi) is 7.96. The summed E-state index contributed by atoms with van der Waals surface area (Å²) in [4.78, 5) is 13.4. The number of amides is 1. The number of halogens is 4. The minimum absolute atomic E-state index is 0.0115. The van der Waals surface area contributed by atoms with E-state index in [-0.39, 0.29) is 29.0 Å². The van der Waals surface area contributed by atoms with Crippen LogP contribution in [0.15, 0.2) is 46.9 Å². The van der Waals surface area contributed by atoms with E-state index < -0.39 is 23.4 Å². The van der Waals surface area contributed by atoms with Crippen LogP contribution in [0.5, 0.6) is 0 Å². The molecule has 0 saturated heterocycles. The van der Waals surface area contributed by atoms with Gasteiger partial charge in [0.25, 0.3) is 5.91 Å². The molecular formula is C24H25ClF3NO2S. The largest absolute Gasteiger partial charge is 0.392 e. The van der Waals surface area contributed by atoms with Gasteiger partial charge in [-0.05, 0) is 49.3 Å². The first-order valence-electron chi connectivity index (χ1n) is 10.3. The van der Waals surface area contributed by atoms with Crippen LogP contribution in [-0.4, -0.2) is 22.9 Å². The number of anilines is 1. The van der Waals surface area contributed by atoms with Crippen molar-refractivity contribution in [1.82, 2.24) is 0 Å². The summed E-state index contributed by atoms with van der Waals surface area (Å²) < 4.78 is 40.1. The number of benzene rings is 2. The quantitative estimate of drug-likeness (QED) is 0.355. The predicted molar refractivity (Wildman–Crippen MR) is 123 cm³/mol. The van der Waals surface area contributed by atoms with Crippen molar-refractivity contribution in [2.45, 2.75) is 37.3 Å². The normalized spacial score (nSPS) is 23.4. The van der Waals surface area contributed by atoms with Crippen LogP contribution in [0.1, 0.15) is 37.6 Å². The molecule has 4 atom stereocenters. The molecule has 0 radical (unpaired) electrons. The molecule has 2 N–H and O–H groups in total. The maximum Gasteiger partial charge on any atom is 0.255 e. The second kappa shape index (κ2) is 10.3. The molecule has 1 aliphatic carbocycles. The van der Waals surface area contributed by atoms with Crippen LogP contribution in [0, 0.1) is 35.2 Å². The van der Waals surface area contributed by atoms with E-state index in [1.807, 2.05) is 6.92 Å². The van der Waals surface area contributed by atoms with Gasteiger partial charge in [0.15, 0.2) is 17.5 Å². The Bertz CT molecular complexity index is 1020. The Morgan fingerprint density at radius 2 is 1.88 bits per heavy atom. The third-order valence-corrected chi connectivity index (χ3v) is 8.01. The van der Waals surface area contributed by atoms with E-state index in [1.54, 1.807) is 23.9 Å². The lowest BCUT2D eigenvalue weighted by Crippen LogP contribution is -2.17. The number of carbonyl (C=O) groups is 1. The van der Waals surface area contributed by atoms with Crippen LogP contribution >= 0.6 is 23.4 Å². The van der Waals surface area contributed by atoms with Crippen molar-refractivity contribution < 1.29 is 23.1 Å². The molecule has 1 fully saturated rings. The summed E-state index contributed by atoms with van der Waals surface area (Å²) in [5.74, 6) is -3.79. The molecule has 4 unspecified atom stereocenters. The molecule has 1 aliphatic rings. The number of rotatable bonds is 6. The first-order chi connectivity index (χ1) is 15.1. The summed E-state index contributed by atoms with van der Waals surface area (Å²) >= 11 is 8.00. The monoisotopic (exact) mass is 483 g/mol. The average Bonchev–Trinajstić information content (AvgIpc) is 3.00. The van der Waals surface area contributed by atoms with Gasteiger partial charge in [0.2, 0.25) is 0 Å². The van der Waals surface area contributed by atoms with Gasteiger partial charge in [-0.3, -0.25) is 4.79 Å². The molecule has 2 aromatic carbocycles. The molecule has 0 aliphatic heterocycles. The second-order valence-corrected chi connectivity index (χ2v) is 9.97.